The zero-order valence-corrected chi connectivity index (χ0v) is 15.1. The largest absolute Gasteiger partial charge is 0.416 e. The molecule has 132 valence electrons. The van der Waals surface area contributed by atoms with Crippen LogP contribution in [0, 0.1) is 0 Å². The summed E-state index contributed by atoms with van der Waals surface area (Å²) in [7, 11) is 0. The Bertz CT molecular complexity index is 798. The third-order valence-electron chi connectivity index (χ3n) is 4.23. The van der Waals surface area contributed by atoms with Crippen LogP contribution in [-0.4, -0.2) is 11.5 Å². The van der Waals surface area contributed by atoms with E-state index < -0.39 is 17.2 Å². The molecular weight excluding hydrogens is 365 g/mol. The standard InChI is InChI=1S/C18H17F3N2S2/c1-17(15-6-3-10-24-15,7-8-22-16-23-9-11-25-16)13-4-2-5-14(12-13)18(19,20)21/h2-6,9-12H,7-8H2,1H3,(H,22,23). The number of nitrogens with one attached hydrogen (secondary N) is 1. The number of anilines is 1. The van der Waals surface area contributed by atoms with Crippen LogP contribution in [0.25, 0.3) is 0 Å². The van der Waals surface area contributed by atoms with Gasteiger partial charge in [0.1, 0.15) is 0 Å². The molecule has 3 aromatic rings. The molecular formula is C18H17F3N2S2. The van der Waals surface area contributed by atoms with Crippen molar-refractivity contribution in [1.29, 1.82) is 0 Å². The lowest BCUT2D eigenvalue weighted by atomic mass is 9.77. The van der Waals surface area contributed by atoms with Gasteiger partial charge in [-0.05, 0) is 29.5 Å². The highest BCUT2D eigenvalue weighted by molar-refractivity contribution is 7.13. The molecule has 0 spiro atoms. The molecule has 0 bridgehead atoms. The SMILES string of the molecule is CC(CCNc1nccs1)(c1cccc(C(F)(F)F)c1)c1cccs1. The van der Waals surface area contributed by atoms with Crippen LogP contribution >= 0.6 is 22.7 Å². The summed E-state index contributed by atoms with van der Waals surface area (Å²) < 4.78 is 39.4. The van der Waals surface area contributed by atoms with Crippen LogP contribution in [-0.2, 0) is 11.6 Å². The summed E-state index contributed by atoms with van der Waals surface area (Å²) in [5, 5.41) is 7.90. The quantitative estimate of drug-likeness (QED) is 0.563. The molecule has 2 nitrogen and oxygen atoms in total. The first-order valence-corrected chi connectivity index (χ1v) is 9.50. The molecule has 1 atom stereocenters. The lowest BCUT2D eigenvalue weighted by molar-refractivity contribution is -0.137. The van der Waals surface area contributed by atoms with Crippen molar-refractivity contribution in [3.8, 4) is 0 Å². The van der Waals surface area contributed by atoms with Crippen molar-refractivity contribution >= 4 is 27.8 Å². The Kier molecular flexibility index (Phi) is 5.15. The zero-order valence-electron chi connectivity index (χ0n) is 13.5. The molecule has 0 amide bonds. The van der Waals surface area contributed by atoms with E-state index in [9.17, 15) is 13.2 Å². The minimum atomic E-state index is -4.34. The summed E-state index contributed by atoms with van der Waals surface area (Å²) in [6.45, 7) is 2.62. The Morgan fingerprint density at radius 2 is 1.84 bits per heavy atom. The molecule has 0 aliphatic rings. The first kappa shape index (κ1) is 17.9. The molecule has 1 N–H and O–H groups in total. The maximum Gasteiger partial charge on any atom is 0.416 e. The number of halogens is 3. The van der Waals surface area contributed by atoms with Crippen molar-refractivity contribution in [3.63, 3.8) is 0 Å². The number of nitrogens with zero attached hydrogens (tertiary/aromatic N) is 1. The maximum atomic E-state index is 13.1. The maximum absolute atomic E-state index is 13.1. The van der Waals surface area contributed by atoms with E-state index in [4.69, 9.17) is 0 Å². The molecule has 3 rings (SSSR count). The van der Waals surface area contributed by atoms with Gasteiger partial charge in [-0.2, -0.15) is 13.2 Å². The van der Waals surface area contributed by atoms with Crippen molar-refractivity contribution < 1.29 is 13.2 Å². The molecule has 2 heterocycles. The number of alkyl halides is 3. The molecule has 1 aromatic carbocycles. The van der Waals surface area contributed by atoms with Crippen molar-refractivity contribution in [3.05, 3.63) is 69.4 Å². The Morgan fingerprint density at radius 3 is 2.48 bits per heavy atom. The van der Waals surface area contributed by atoms with E-state index in [1.165, 1.54) is 23.5 Å². The highest BCUT2D eigenvalue weighted by atomic mass is 32.1. The highest BCUT2D eigenvalue weighted by Crippen LogP contribution is 2.40. The first-order chi connectivity index (χ1) is 11.9. The number of benzene rings is 1. The molecule has 2 aromatic heterocycles. The number of hydrogen-bond acceptors (Lipinski definition) is 4. The molecule has 25 heavy (non-hydrogen) atoms. The summed E-state index contributed by atoms with van der Waals surface area (Å²) in [4.78, 5) is 5.23. The summed E-state index contributed by atoms with van der Waals surface area (Å²) in [5.41, 5.74) is -0.439. The average molecular weight is 382 g/mol. The smallest absolute Gasteiger partial charge is 0.361 e. The molecule has 0 radical (unpaired) electrons. The summed E-state index contributed by atoms with van der Waals surface area (Å²) in [6.07, 6.45) is -1.96. The molecule has 0 fully saturated rings. The monoisotopic (exact) mass is 382 g/mol. The van der Waals surface area contributed by atoms with Crippen LogP contribution in [0.15, 0.2) is 53.4 Å². The second-order valence-corrected chi connectivity index (χ2v) is 7.74. The minimum absolute atomic E-state index is 0.500. The fraction of sp³-hybridized carbons (Fsp3) is 0.278. The van der Waals surface area contributed by atoms with Gasteiger partial charge in [0, 0.05) is 28.4 Å². The van der Waals surface area contributed by atoms with E-state index in [2.05, 4.69) is 10.3 Å². The van der Waals surface area contributed by atoms with Gasteiger partial charge < -0.3 is 5.32 Å². The number of thiophene rings is 1. The second-order valence-electron chi connectivity index (χ2n) is 5.90. The van der Waals surface area contributed by atoms with Gasteiger partial charge in [-0.25, -0.2) is 4.98 Å². The molecule has 0 aliphatic carbocycles. The summed E-state index contributed by atoms with van der Waals surface area (Å²) >= 11 is 3.07. The van der Waals surface area contributed by atoms with Crippen LogP contribution in [0.1, 0.15) is 29.3 Å². The first-order valence-electron chi connectivity index (χ1n) is 7.75. The second kappa shape index (κ2) is 7.17. The topological polar surface area (TPSA) is 24.9 Å². The van der Waals surface area contributed by atoms with Gasteiger partial charge in [0.25, 0.3) is 0 Å². The van der Waals surface area contributed by atoms with Gasteiger partial charge in [-0.15, -0.1) is 22.7 Å². The van der Waals surface area contributed by atoms with E-state index >= 15 is 0 Å². The Balaban J connectivity index is 1.89. The van der Waals surface area contributed by atoms with Gasteiger partial charge in [0.2, 0.25) is 0 Å². The van der Waals surface area contributed by atoms with Crippen LogP contribution in [0.5, 0.6) is 0 Å². The lowest BCUT2D eigenvalue weighted by Crippen LogP contribution is -2.26. The van der Waals surface area contributed by atoms with E-state index in [0.717, 1.165) is 16.1 Å². The minimum Gasteiger partial charge on any atom is -0.361 e. The van der Waals surface area contributed by atoms with E-state index in [1.807, 2.05) is 29.8 Å². The van der Waals surface area contributed by atoms with Crippen LogP contribution in [0.3, 0.4) is 0 Å². The molecule has 0 aliphatic heterocycles. The number of thiazole rings is 1. The summed E-state index contributed by atoms with van der Waals surface area (Å²) in [6, 6.07) is 9.56. The fourth-order valence-corrected chi connectivity index (χ4v) is 4.27. The number of aromatic nitrogens is 1. The Morgan fingerprint density at radius 1 is 1.04 bits per heavy atom. The predicted molar refractivity (Wildman–Crippen MR) is 97.4 cm³/mol. The summed E-state index contributed by atoms with van der Waals surface area (Å²) in [5.74, 6) is 0. The lowest BCUT2D eigenvalue weighted by Gasteiger charge is -2.30. The molecule has 0 saturated carbocycles. The fourth-order valence-electron chi connectivity index (χ4n) is 2.77. The van der Waals surface area contributed by atoms with Crippen LogP contribution in [0.4, 0.5) is 18.3 Å². The normalized spacial score (nSPS) is 14.2. The Hall–Kier alpha value is -1.86. The number of hydrogen-bond donors (Lipinski definition) is 1. The molecule has 1 unspecified atom stereocenters. The van der Waals surface area contributed by atoms with Gasteiger partial charge >= 0.3 is 6.18 Å². The third-order valence-corrected chi connectivity index (χ3v) is 6.09. The van der Waals surface area contributed by atoms with Gasteiger partial charge in [0.15, 0.2) is 5.13 Å². The molecule has 0 saturated heterocycles. The van der Waals surface area contributed by atoms with Crippen molar-refractivity contribution in [1.82, 2.24) is 4.98 Å². The highest BCUT2D eigenvalue weighted by Gasteiger charge is 2.34. The van der Waals surface area contributed by atoms with E-state index in [-0.39, 0.29) is 0 Å². The Labute approximate surface area is 152 Å². The van der Waals surface area contributed by atoms with Gasteiger partial charge in [-0.1, -0.05) is 31.2 Å². The van der Waals surface area contributed by atoms with Crippen molar-refractivity contribution in [2.45, 2.75) is 24.9 Å². The third kappa shape index (κ3) is 4.04. The molecule has 7 heteroatoms. The van der Waals surface area contributed by atoms with E-state index in [0.29, 0.717) is 18.5 Å². The predicted octanol–water partition coefficient (Wildman–Crippen LogP) is 6.03. The van der Waals surface area contributed by atoms with Gasteiger partial charge in [-0.3, -0.25) is 0 Å². The van der Waals surface area contributed by atoms with Crippen molar-refractivity contribution in [2.24, 2.45) is 0 Å². The number of rotatable bonds is 6. The van der Waals surface area contributed by atoms with Crippen molar-refractivity contribution in [2.75, 3.05) is 11.9 Å². The zero-order chi connectivity index (χ0) is 17.9. The average Bonchev–Trinajstić information content (AvgIpc) is 3.28. The van der Waals surface area contributed by atoms with Crippen LogP contribution < -0.4 is 5.32 Å². The van der Waals surface area contributed by atoms with Crippen LogP contribution in [0.2, 0.25) is 0 Å². The van der Waals surface area contributed by atoms with Gasteiger partial charge in [0.05, 0.1) is 5.56 Å². The van der Waals surface area contributed by atoms with E-state index in [1.54, 1.807) is 23.6 Å².